The van der Waals surface area contributed by atoms with Crippen LogP contribution in [0.5, 0.6) is 0 Å². The quantitative estimate of drug-likeness (QED) is 0.108. The Kier molecular flexibility index (Phi) is 19.5. The fraction of sp³-hybridized carbons (Fsp3) is 0.711. The van der Waals surface area contributed by atoms with E-state index in [1.165, 1.54) is 0 Å². The minimum Gasteiger partial charge on any atom is -0.444 e. The molecule has 0 aliphatic carbocycles. The van der Waals surface area contributed by atoms with Crippen molar-refractivity contribution in [3.63, 3.8) is 0 Å². The van der Waals surface area contributed by atoms with E-state index in [1.807, 2.05) is 71.9 Å². The zero-order chi connectivity index (χ0) is 40.7. The second-order valence-electron chi connectivity index (χ2n) is 16.2. The zero-order valence-electron chi connectivity index (χ0n) is 33.4. The first-order valence-corrected chi connectivity index (χ1v) is 20.5. The SMILES string of the molecule is CC(C)C[C@H](NC(=O)OC(C)(C)C)C(=O)NC(CCS(C)(=O)=O)C(=O)N[C@@H](CC(C)C)[C@@H](O)C[C@@H](C)C(=O)N[C@H](C(=O)NCc1ccccc1)C(C)C. The molecule has 0 aliphatic rings. The van der Waals surface area contributed by atoms with Gasteiger partial charge >= 0.3 is 6.09 Å². The van der Waals surface area contributed by atoms with Crippen molar-refractivity contribution in [3.05, 3.63) is 35.9 Å². The van der Waals surface area contributed by atoms with Gasteiger partial charge in [0.15, 0.2) is 0 Å². The van der Waals surface area contributed by atoms with E-state index < -0.39 is 81.2 Å². The van der Waals surface area contributed by atoms with Crippen LogP contribution in [0.1, 0.15) is 100 Å². The molecule has 14 nitrogen and oxygen atoms in total. The monoisotopic (exact) mass is 767 g/mol. The van der Waals surface area contributed by atoms with Crippen LogP contribution in [0.4, 0.5) is 4.79 Å². The van der Waals surface area contributed by atoms with Crippen molar-refractivity contribution in [2.24, 2.45) is 23.7 Å². The molecule has 0 fully saturated rings. The predicted octanol–water partition coefficient (Wildman–Crippen LogP) is 3.22. The van der Waals surface area contributed by atoms with Gasteiger partial charge in [0.1, 0.15) is 33.6 Å². The van der Waals surface area contributed by atoms with Crippen molar-refractivity contribution in [1.82, 2.24) is 26.6 Å². The van der Waals surface area contributed by atoms with E-state index in [0.29, 0.717) is 13.0 Å². The first-order chi connectivity index (χ1) is 24.4. The number of carbonyl (C=O) groups is 5. The van der Waals surface area contributed by atoms with E-state index in [2.05, 4.69) is 26.6 Å². The van der Waals surface area contributed by atoms with Gasteiger partial charge in [-0.05, 0) is 69.8 Å². The molecule has 15 heteroatoms. The van der Waals surface area contributed by atoms with Gasteiger partial charge in [-0.1, -0.05) is 78.8 Å². The van der Waals surface area contributed by atoms with Gasteiger partial charge in [0.25, 0.3) is 0 Å². The normalized spacial score (nSPS) is 15.5. The minimum absolute atomic E-state index is 0.00442. The lowest BCUT2D eigenvalue weighted by Gasteiger charge is -2.30. The summed E-state index contributed by atoms with van der Waals surface area (Å²) >= 11 is 0. The molecule has 0 spiro atoms. The minimum atomic E-state index is -3.54. The number of aliphatic hydroxyl groups is 1. The third kappa shape index (κ3) is 19.8. The molecule has 0 aliphatic heterocycles. The second kappa shape index (κ2) is 21.9. The van der Waals surface area contributed by atoms with Gasteiger partial charge in [-0.25, -0.2) is 13.2 Å². The van der Waals surface area contributed by atoms with E-state index >= 15 is 0 Å². The van der Waals surface area contributed by atoms with Crippen LogP contribution in [0.3, 0.4) is 0 Å². The van der Waals surface area contributed by atoms with Crippen molar-refractivity contribution in [2.45, 2.75) is 137 Å². The topological polar surface area (TPSA) is 209 Å². The fourth-order valence-corrected chi connectivity index (χ4v) is 6.15. The summed E-state index contributed by atoms with van der Waals surface area (Å²) in [4.78, 5) is 66.1. The lowest BCUT2D eigenvalue weighted by atomic mass is 9.91. The van der Waals surface area contributed by atoms with Crippen LogP contribution < -0.4 is 26.6 Å². The number of amides is 5. The summed E-state index contributed by atoms with van der Waals surface area (Å²) in [7, 11) is -3.54. The van der Waals surface area contributed by atoms with Gasteiger partial charge in [-0.15, -0.1) is 0 Å². The molecule has 1 unspecified atom stereocenters. The average Bonchev–Trinajstić information content (AvgIpc) is 3.01. The zero-order valence-corrected chi connectivity index (χ0v) is 34.3. The van der Waals surface area contributed by atoms with Crippen LogP contribution in [0.2, 0.25) is 0 Å². The van der Waals surface area contributed by atoms with Crippen molar-refractivity contribution < 1.29 is 42.2 Å². The summed E-state index contributed by atoms with van der Waals surface area (Å²) < 4.78 is 29.5. The van der Waals surface area contributed by atoms with Gasteiger partial charge in [0, 0.05) is 18.7 Å². The molecule has 0 aromatic heterocycles. The summed E-state index contributed by atoms with van der Waals surface area (Å²) in [6.07, 6.45) is -0.807. The number of aliphatic hydroxyl groups excluding tert-OH is 1. The highest BCUT2D eigenvalue weighted by Gasteiger charge is 2.33. The standard InChI is InChI=1S/C38H65N5O9S/c1-23(2)19-29(31(44)21-26(7)33(45)43-32(25(5)6)36(48)39-22-27-15-13-12-14-16-27)41-34(46)28(17-18-53(11,50)51)40-35(47)30(20-24(3)4)42-37(49)52-38(8,9)10/h12-16,23-26,28-32,44H,17-22H2,1-11H3,(H,39,48)(H,40,47)(H,41,46)(H,42,49)(H,43,45)/t26-,28?,29+,30+,31+,32+/m1/s1. The van der Waals surface area contributed by atoms with Crippen LogP contribution in [0.25, 0.3) is 0 Å². The van der Waals surface area contributed by atoms with Crippen molar-refractivity contribution in [3.8, 4) is 0 Å². The number of carbonyl (C=O) groups excluding carboxylic acids is 5. The Balaban J connectivity index is 3.13. The molecule has 0 radical (unpaired) electrons. The number of hydrogen-bond donors (Lipinski definition) is 6. The maximum atomic E-state index is 13.8. The molecular weight excluding hydrogens is 703 g/mol. The molecule has 0 heterocycles. The molecule has 1 aromatic rings. The number of hydrogen-bond acceptors (Lipinski definition) is 9. The molecule has 6 atom stereocenters. The second-order valence-corrected chi connectivity index (χ2v) is 18.5. The summed E-state index contributed by atoms with van der Waals surface area (Å²) in [6.45, 7) is 18.1. The average molecular weight is 768 g/mol. The van der Waals surface area contributed by atoms with Crippen molar-refractivity contribution in [1.29, 1.82) is 0 Å². The molecule has 53 heavy (non-hydrogen) atoms. The Morgan fingerprint density at radius 2 is 1.30 bits per heavy atom. The lowest BCUT2D eigenvalue weighted by Crippen LogP contribution is -2.57. The Hall–Kier alpha value is -3.72. The first kappa shape index (κ1) is 47.3. The number of ether oxygens (including phenoxy) is 1. The van der Waals surface area contributed by atoms with E-state index in [4.69, 9.17) is 4.74 Å². The highest BCUT2D eigenvalue weighted by Crippen LogP contribution is 2.18. The van der Waals surface area contributed by atoms with Gasteiger partial charge in [0.05, 0.1) is 17.9 Å². The largest absolute Gasteiger partial charge is 0.444 e. The highest BCUT2D eigenvalue weighted by atomic mass is 32.2. The van der Waals surface area contributed by atoms with Gasteiger partial charge in [-0.2, -0.15) is 0 Å². The van der Waals surface area contributed by atoms with Crippen molar-refractivity contribution >= 4 is 39.6 Å². The third-order valence-corrected chi connectivity index (χ3v) is 9.22. The van der Waals surface area contributed by atoms with Gasteiger partial charge in [0.2, 0.25) is 23.6 Å². The maximum absolute atomic E-state index is 13.8. The summed E-state index contributed by atoms with van der Waals surface area (Å²) in [5.74, 6) is -3.63. The Bertz CT molecular complexity index is 1450. The van der Waals surface area contributed by atoms with Crippen molar-refractivity contribution in [2.75, 3.05) is 12.0 Å². The van der Waals surface area contributed by atoms with Crippen LogP contribution in [0.15, 0.2) is 30.3 Å². The summed E-state index contributed by atoms with van der Waals surface area (Å²) in [5.41, 5.74) is 0.0915. The Morgan fingerprint density at radius 3 is 1.81 bits per heavy atom. The third-order valence-electron chi connectivity index (χ3n) is 8.24. The molecular formula is C38H65N5O9S. The van der Waals surface area contributed by atoms with Crippen LogP contribution in [-0.2, 0) is 40.3 Å². The van der Waals surface area contributed by atoms with E-state index in [1.54, 1.807) is 27.7 Å². The molecule has 0 saturated carbocycles. The Morgan fingerprint density at radius 1 is 0.736 bits per heavy atom. The molecule has 0 saturated heterocycles. The van der Waals surface area contributed by atoms with E-state index in [9.17, 15) is 37.5 Å². The van der Waals surface area contributed by atoms with Crippen LogP contribution in [-0.4, -0.2) is 91.1 Å². The molecule has 1 aromatic carbocycles. The number of alkyl carbamates (subject to hydrolysis) is 1. The highest BCUT2D eigenvalue weighted by molar-refractivity contribution is 7.90. The van der Waals surface area contributed by atoms with Crippen LogP contribution in [0, 0.1) is 23.7 Å². The van der Waals surface area contributed by atoms with Crippen LogP contribution >= 0.6 is 0 Å². The summed E-state index contributed by atoms with van der Waals surface area (Å²) in [6, 6.07) is 5.30. The number of nitrogens with one attached hydrogen (secondary N) is 5. The number of rotatable bonds is 21. The molecule has 1 rings (SSSR count). The lowest BCUT2D eigenvalue weighted by molar-refractivity contribution is -0.133. The molecule has 5 amide bonds. The predicted molar refractivity (Wildman–Crippen MR) is 205 cm³/mol. The smallest absolute Gasteiger partial charge is 0.408 e. The first-order valence-electron chi connectivity index (χ1n) is 18.5. The van der Waals surface area contributed by atoms with E-state index in [0.717, 1.165) is 11.8 Å². The fourth-order valence-electron chi connectivity index (χ4n) is 5.49. The number of sulfone groups is 1. The molecule has 6 N–H and O–H groups in total. The van der Waals surface area contributed by atoms with Gasteiger partial charge < -0.3 is 36.4 Å². The summed E-state index contributed by atoms with van der Waals surface area (Å²) in [5, 5.41) is 25.0. The number of benzene rings is 1. The van der Waals surface area contributed by atoms with E-state index in [-0.39, 0.29) is 42.9 Å². The molecule has 0 bridgehead atoms. The van der Waals surface area contributed by atoms with Gasteiger partial charge in [-0.3, -0.25) is 19.2 Å². The molecule has 302 valence electrons. The maximum Gasteiger partial charge on any atom is 0.408 e. The Labute approximate surface area is 316 Å².